The van der Waals surface area contributed by atoms with E-state index in [0.29, 0.717) is 19.0 Å². The van der Waals surface area contributed by atoms with E-state index in [4.69, 9.17) is 5.10 Å². The first-order chi connectivity index (χ1) is 15.4. The predicted octanol–water partition coefficient (Wildman–Crippen LogP) is 4.47. The fourth-order valence-electron chi connectivity index (χ4n) is 4.37. The van der Waals surface area contributed by atoms with Gasteiger partial charge in [0.05, 0.1) is 5.69 Å². The summed E-state index contributed by atoms with van der Waals surface area (Å²) in [6, 6.07) is 11.5. The van der Waals surface area contributed by atoms with Gasteiger partial charge in [-0.2, -0.15) is 5.10 Å². The van der Waals surface area contributed by atoms with Crippen LogP contribution in [0.1, 0.15) is 30.9 Å². The molecule has 0 bridgehead atoms. The Labute approximate surface area is 187 Å². The second-order valence-electron chi connectivity index (χ2n) is 8.54. The molecule has 0 aliphatic carbocycles. The first kappa shape index (κ1) is 22.1. The van der Waals surface area contributed by atoms with Gasteiger partial charge in [-0.3, -0.25) is 9.69 Å². The van der Waals surface area contributed by atoms with Gasteiger partial charge in [0.1, 0.15) is 11.5 Å². The van der Waals surface area contributed by atoms with Gasteiger partial charge in [0.2, 0.25) is 5.91 Å². The molecule has 0 unspecified atom stereocenters. The largest absolute Gasteiger partial charge is 0.356 e. The van der Waals surface area contributed by atoms with Crippen molar-refractivity contribution < 1.29 is 13.6 Å². The number of carbonyl (C=O) groups excluding carboxylic acids is 1. The molecule has 1 N–H and O–H groups in total. The lowest BCUT2D eigenvalue weighted by atomic mass is 9.97. The molecular weight excluding hydrogens is 410 g/mol. The minimum absolute atomic E-state index is 0.00781. The fraction of sp³-hybridized carbons (Fsp3) is 0.360. The first-order valence-corrected chi connectivity index (χ1v) is 11.0. The van der Waals surface area contributed by atoms with Gasteiger partial charge in [-0.1, -0.05) is 24.3 Å². The third-order valence-electron chi connectivity index (χ3n) is 5.98. The van der Waals surface area contributed by atoms with E-state index in [0.717, 1.165) is 54.4 Å². The Bertz CT molecular complexity index is 1110. The monoisotopic (exact) mass is 438 g/mol. The lowest BCUT2D eigenvalue weighted by Gasteiger charge is -2.32. The maximum Gasteiger partial charge on any atom is 0.216 e. The van der Waals surface area contributed by atoms with Crippen LogP contribution in [0.3, 0.4) is 0 Å². The number of nitrogens with zero attached hydrogens (tertiary/aromatic N) is 3. The van der Waals surface area contributed by atoms with Gasteiger partial charge >= 0.3 is 0 Å². The van der Waals surface area contributed by atoms with Crippen molar-refractivity contribution in [2.24, 2.45) is 5.92 Å². The molecule has 0 saturated carbocycles. The van der Waals surface area contributed by atoms with Crippen molar-refractivity contribution in [3.05, 3.63) is 71.4 Å². The lowest BCUT2D eigenvalue weighted by molar-refractivity contribution is -0.119. The van der Waals surface area contributed by atoms with E-state index in [1.54, 1.807) is 0 Å². The normalized spacial score (nSPS) is 16.8. The van der Waals surface area contributed by atoms with Gasteiger partial charge in [0, 0.05) is 49.9 Å². The van der Waals surface area contributed by atoms with Crippen LogP contribution in [0.5, 0.6) is 0 Å². The highest BCUT2D eigenvalue weighted by Crippen LogP contribution is 2.29. The van der Waals surface area contributed by atoms with Crippen LogP contribution in [-0.4, -0.2) is 40.2 Å². The number of aromatic nitrogens is 2. The van der Waals surface area contributed by atoms with E-state index in [9.17, 15) is 13.6 Å². The molecule has 1 saturated heterocycles. The molecule has 5 nitrogen and oxygen atoms in total. The molecule has 0 spiro atoms. The van der Waals surface area contributed by atoms with Crippen LogP contribution >= 0.6 is 0 Å². The summed E-state index contributed by atoms with van der Waals surface area (Å²) >= 11 is 0. The molecule has 1 fully saturated rings. The molecule has 2 heterocycles. The summed E-state index contributed by atoms with van der Waals surface area (Å²) in [7, 11) is 0. The zero-order chi connectivity index (χ0) is 22.7. The van der Waals surface area contributed by atoms with Crippen molar-refractivity contribution in [1.82, 2.24) is 20.0 Å². The molecule has 1 aromatic heterocycles. The molecule has 1 aliphatic heterocycles. The second kappa shape index (κ2) is 9.61. The summed E-state index contributed by atoms with van der Waals surface area (Å²) in [6.07, 6.45) is 3.99. The third kappa shape index (κ3) is 5.05. The van der Waals surface area contributed by atoms with Crippen molar-refractivity contribution in [2.45, 2.75) is 33.2 Å². The van der Waals surface area contributed by atoms with Gasteiger partial charge in [-0.25, -0.2) is 13.5 Å². The van der Waals surface area contributed by atoms with Crippen LogP contribution in [0.4, 0.5) is 8.78 Å². The van der Waals surface area contributed by atoms with E-state index in [1.807, 2.05) is 37.4 Å². The summed E-state index contributed by atoms with van der Waals surface area (Å²) in [5.74, 6) is -0.870. The molecule has 7 heteroatoms. The van der Waals surface area contributed by atoms with Gasteiger partial charge in [0.25, 0.3) is 0 Å². The zero-order valence-electron chi connectivity index (χ0n) is 18.4. The number of amides is 1. The SMILES string of the molecule is CC(=O)NC[C@@H]1CCCN(Cc2cn(-c3ccc(F)cc3F)nc2-c2ccccc2C)C1. The fourth-order valence-corrected chi connectivity index (χ4v) is 4.37. The Balaban J connectivity index is 1.65. The average Bonchev–Trinajstić information content (AvgIpc) is 3.16. The number of nitrogens with one attached hydrogen (secondary N) is 1. The summed E-state index contributed by atoms with van der Waals surface area (Å²) in [5.41, 5.74) is 4.09. The van der Waals surface area contributed by atoms with Crippen molar-refractivity contribution in [1.29, 1.82) is 0 Å². The number of halogens is 2. The molecule has 1 atom stereocenters. The summed E-state index contributed by atoms with van der Waals surface area (Å²) in [5, 5.41) is 7.64. The van der Waals surface area contributed by atoms with Crippen LogP contribution in [0.15, 0.2) is 48.7 Å². The molecule has 32 heavy (non-hydrogen) atoms. The predicted molar refractivity (Wildman–Crippen MR) is 120 cm³/mol. The maximum absolute atomic E-state index is 14.5. The van der Waals surface area contributed by atoms with E-state index < -0.39 is 11.6 Å². The summed E-state index contributed by atoms with van der Waals surface area (Å²) < 4.78 is 29.4. The van der Waals surface area contributed by atoms with Gasteiger partial charge < -0.3 is 5.32 Å². The van der Waals surface area contributed by atoms with E-state index in [-0.39, 0.29) is 11.6 Å². The van der Waals surface area contributed by atoms with E-state index >= 15 is 0 Å². The molecule has 3 aromatic rings. The Morgan fingerprint density at radius 3 is 2.78 bits per heavy atom. The highest BCUT2D eigenvalue weighted by molar-refractivity contribution is 5.72. The highest BCUT2D eigenvalue weighted by atomic mass is 19.1. The Morgan fingerprint density at radius 2 is 2.03 bits per heavy atom. The van der Waals surface area contributed by atoms with Crippen molar-refractivity contribution >= 4 is 5.91 Å². The molecule has 0 radical (unpaired) electrons. The van der Waals surface area contributed by atoms with Crippen LogP contribution in [0.2, 0.25) is 0 Å². The first-order valence-electron chi connectivity index (χ1n) is 11.0. The van der Waals surface area contributed by atoms with Crippen molar-refractivity contribution in [2.75, 3.05) is 19.6 Å². The van der Waals surface area contributed by atoms with Crippen LogP contribution < -0.4 is 5.32 Å². The molecule has 1 aliphatic rings. The van der Waals surface area contributed by atoms with Gasteiger partial charge in [-0.05, 0) is 49.9 Å². The standard InChI is InChI=1S/C25H28F2N4O/c1-17-6-3-4-8-22(17)25-20(15-30-11-5-7-19(14-30)13-28-18(2)32)16-31(29-25)24-10-9-21(26)12-23(24)27/h3-4,6,8-10,12,16,19H,5,7,11,13-15H2,1-2H3,(H,28,32)/t19-/m0/s1. The Morgan fingerprint density at radius 1 is 1.22 bits per heavy atom. The van der Waals surface area contributed by atoms with Crippen LogP contribution in [0, 0.1) is 24.5 Å². The smallest absolute Gasteiger partial charge is 0.216 e. The number of piperidine rings is 1. The number of rotatable bonds is 6. The third-order valence-corrected chi connectivity index (χ3v) is 5.98. The van der Waals surface area contributed by atoms with E-state index in [1.165, 1.54) is 23.7 Å². The lowest BCUT2D eigenvalue weighted by Crippen LogP contribution is -2.40. The molecule has 2 aromatic carbocycles. The van der Waals surface area contributed by atoms with Crippen molar-refractivity contribution in [3.8, 4) is 16.9 Å². The zero-order valence-corrected chi connectivity index (χ0v) is 18.4. The summed E-state index contributed by atoms with van der Waals surface area (Å²) in [6.45, 7) is 6.75. The van der Waals surface area contributed by atoms with Crippen LogP contribution in [-0.2, 0) is 11.3 Å². The number of benzene rings is 2. The van der Waals surface area contributed by atoms with Crippen molar-refractivity contribution in [3.63, 3.8) is 0 Å². The topological polar surface area (TPSA) is 50.2 Å². The van der Waals surface area contributed by atoms with Gasteiger partial charge in [-0.15, -0.1) is 0 Å². The highest BCUT2D eigenvalue weighted by Gasteiger charge is 2.23. The minimum atomic E-state index is -0.649. The Hall–Kier alpha value is -3.06. The number of hydrogen-bond acceptors (Lipinski definition) is 3. The Kier molecular flexibility index (Phi) is 6.65. The number of likely N-dealkylation sites (tertiary alicyclic amines) is 1. The molecular formula is C25H28F2N4O. The number of carbonyl (C=O) groups is 1. The van der Waals surface area contributed by atoms with Crippen LogP contribution in [0.25, 0.3) is 16.9 Å². The summed E-state index contributed by atoms with van der Waals surface area (Å²) in [4.78, 5) is 13.6. The maximum atomic E-state index is 14.5. The molecule has 168 valence electrons. The number of hydrogen-bond donors (Lipinski definition) is 1. The number of aryl methyl sites for hydroxylation is 1. The van der Waals surface area contributed by atoms with Gasteiger partial charge in [0.15, 0.2) is 5.82 Å². The second-order valence-corrected chi connectivity index (χ2v) is 8.54. The minimum Gasteiger partial charge on any atom is -0.356 e. The quantitative estimate of drug-likeness (QED) is 0.618. The average molecular weight is 439 g/mol. The molecule has 4 rings (SSSR count). The van der Waals surface area contributed by atoms with E-state index in [2.05, 4.69) is 10.2 Å². The molecule has 1 amide bonds.